The van der Waals surface area contributed by atoms with Crippen molar-refractivity contribution in [1.29, 1.82) is 0 Å². The van der Waals surface area contributed by atoms with Gasteiger partial charge in [-0.15, -0.1) is 5.10 Å². The number of imidazole rings is 1. The Morgan fingerprint density at radius 2 is 1.90 bits per heavy atom. The van der Waals surface area contributed by atoms with E-state index in [-0.39, 0.29) is 22.2 Å². The van der Waals surface area contributed by atoms with Gasteiger partial charge in [0.15, 0.2) is 5.65 Å². The Hall–Kier alpha value is -4.60. The van der Waals surface area contributed by atoms with Gasteiger partial charge in [0.2, 0.25) is 5.91 Å². The maximum atomic E-state index is 13.5. The lowest BCUT2D eigenvalue weighted by Crippen LogP contribution is -2.46. The van der Waals surface area contributed by atoms with E-state index in [2.05, 4.69) is 37.7 Å². The Kier molecular flexibility index (Phi) is 9.89. The summed E-state index contributed by atoms with van der Waals surface area (Å²) in [5.74, 6) is 6.18. The zero-order valence-electron chi connectivity index (χ0n) is 26.4. The average Bonchev–Trinajstić information content (AvgIpc) is 3.45. The smallest absolute Gasteiger partial charge is 0.354 e. The lowest BCUT2D eigenvalue weighted by Gasteiger charge is -2.34. The number of alkyl halides is 3. The van der Waals surface area contributed by atoms with E-state index in [0.29, 0.717) is 47.0 Å². The monoisotopic (exact) mass is 677 g/mol. The molecule has 3 N–H and O–H groups in total. The lowest BCUT2D eigenvalue weighted by molar-refractivity contribution is -0.137. The first kappa shape index (κ1) is 33.3. The molecule has 2 amide bonds. The molecule has 6 rings (SSSR count). The van der Waals surface area contributed by atoms with Gasteiger partial charge in [-0.25, -0.2) is 9.50 Å². The first-order chi connectivity index (χ1) is 23.0. The van der Waals surface area contributed by atoms with Crippen molar-refractivity contribution in [3.05, 3.63) is 81.6 Å². The Morgan fingerprint density at radius 3 is 2.73 bits per heavy atom. The van der Waals surface area contributed by atoms with Crippen LogP contribution in [0.5, 0.6) is 0 Å². The van der Waals surface area contributed by atoms with Crippen molar-refractivity contribution in [1.82, 2.24) is 19.9 Å². The highest BCUT2D eigenvalue weighted by Crippen LogP contribution is 2.34. The van der Waals surface area contributed by atoms with Crippen molar-refractivity contribution >= 4 is 46.3 Å². The van der Waals surface area contributed by atoms with Crippen molar-refractivity contribution in [3.63, 3.8) is 0 Å². The van der Waals surface area contributed by atoms with Crippen LogP contribution in [0.1, 0.15) is 77.7 Å². The number of benzene rings is 2. The summed E-state index contributed by atoms with van der Waals surface area (Å²) in [6.45, 7) is 4.34. The number of carbonyl (C=O) groups is 2. The van der Waals surface area contributed by atoms with Gasteiger partial charge >= 0.3 is 6.18 Å². The molecule has 0 saturated carbocycles. The highest BCUT2D eigenvalue weighted by atomic mass is 35.5. The van der Waals surface area contributed by atoms with Gasteiger partial charge < -0.3 is 20.9 Å². The van der Waals surface area contributed by atoms with E-state index in [0.717, 1.165) is 69.7 Å². The van der Waals surface area contributed by atoms with E-state index >= 15 is 0 Å². The van der Waals surface area contributed by atoms with Crippen LogP contribution in [0.3, 0.4) is 0 Å². The number of nitrogens with zero attached hydrogens (tertiary/aromatic N) is 4. The summed E-state index contributed by atoms with van der Waals surface area (Å²) in [4.78, 5) is 33.2. The fourth-order valence-electron chi connectivity index (χ4n) is 6.07. The van der Waals surface area contributed by atoms with Gasteiger partial charge in [-0.2, -0.15) is 13.2 Å². The summed E-state index contributed by atoms with van der Waals surface area (Å²) < 4.78 is 42.0. The number of piperidine rings is 1. The van der Waals surface area contributed by atoms with Crippen LogP contribution in [0, 0.1) is 18.8 Å². The molecule has 2 aromatic carbocycles. The van der Waals surface area contributed by atoms with E-state index < -0.39 is 17.6 Å². The van der Waals surface area contributed by atoms with Gasteiger partial charge in [0.1, 0.15) is 11.5 Å². The molecule has 6 bridgehead atoms. The molecule has 4 heterocycles. The Bertz CT molecular complexity index is 1910. The maximum absolute atomic E-state index is 13.5. The van der Waals surface area contributed by atoms with Gasteiger partial charge in [-0.05, 0) is 93.1 Å². The molecular weight excluding hydrogens is 643 g/mol. The normalized spacial score (nSPS) is 17.6. The highest BCUT2D eigenvalue weighted by molar-refractivity contribution is 6.31. The molecule has 2 aliphatic heterocycles. The Labute approximate surface area is 281 Å². The van der Waals surface area contributed by atoms with Crippen molar-refractivity contribution in [2.75, 3.05) is 35.2 Å². The van der Waals surface area contributed by atoms with Gasteiger partial charge in [-0.1, -0.05) is 30.4 Å². The molecule has 4 aromatic rings. The summed E-state index contributed by atoms with van der Waals surface area (Å²) in [6, 6.07) is 10.3. The molecule has 0 unspecified atom stereocenters. The third-order valence-corrected chi connectivity index (χ3v) is 8.82. The zero-order chi connectivity index (χ0) is 33.8. The second-order valence-corrected chi connectivity index (χ2v) is 12.6. The first-order valence-corrected chi connectivity index (χ1v) is 16.4. The number of anilines is 3. The number of hydrogen-bond donors (Lipinski definition) is 3. The van der Waals surface area contributed by atoms with E-state index in [1.54, 1.807) is 23.7 Å². The second-order valence-electron chi connectivity index (χ2n) is 12.2. The van der Waals surface area contributed by atoms with Crippen LogP contribution in [-0.2, 0) is 11.0 Å². The number of fused-ring (bicyclic) bond motifs is 6. The fraction of sp³-hybridized carbons (Fsp3) is 0.371. The van der Waals surface area contributed by atoms with Gasteiger partial charge in [0, 0.05) is 53.1 Å². The second kappa shape index (κ2) is 14.3. The minimum absolute atomic E-state index is 0.118. The lowest BCUT2D eigenvalue weighted by atomic mass is 10.00. The zero-order valence-corrected chi connectivity index (χ0v) is 27.1. The largest absolute Gasteiger partial charge is 0.416 e. The van der Waals surface area contributed by atoms with E-state index in [4.69, 9.17) is 16.7 Å². The Balaban J connectivity index is 1.37. The number of nitrogens with one attached hydrogen (secondary N) is 3. The number of halogens is 4. The third kappa shape index (κ3) is 7.91. The molecule has 1 saturated heterocycles. The van der Waals surface area contributed by atoms with E-state index in [9.17, 15) is 22.8 Å². The molecule has 9 nitrogen and oxygen atoms in total. The van der Waals surface area contributed by atoms with Crippen LogP contribution in [0.25, 0.3) is 5.65 Å². The SMILES string of the molecule is Cc1c2cc(cc1C(=O)Nc1cc(Cl)cc(C(F)(F)F)c1)NC(=O)CCCCCCN[C@H]1CCCN(C1)c1ccc3ncc(n3n1)C#C2. The molecule has 0 radical (unpaired) electrons. The molecule has 0 spiro atoms. The van der Waals surface area contributed by atoms with Crippen LogP contribution in [-0.4, -0.2) is 52.1 Å². The minimum Gasteiger partial charge on any atom is -0.354 e. The number of hydrogen-bond acceptors (Lipinski definition) is 6. The van der Waals surface area contributed by atoms with Gasteiger partial charge in [0.05, 0.1) is 11.8 Å². The summed E-state index contributed by atoms with van der Waals surface area (Å²) in [5, 5.41) is 13.8. The van der Waals surface area contributed by atoms with Crippen LogP contribution < -0.4 is 20.9 Å². The minimum atomic E-state index is -4.65. The Morgan fingerprint density at radius 1 is 1.06 bits per heavy atom. The van der Waals surface area contributed by atoms with Gasteiger partial charge in [-0.3, -0.25) is 9.59 Å². The predicted molar refractivity (Wildman–Crippen MR) is 180 cm³/mol. The maximum Gasteiger partial charge on any atom is 0.416 e. The van der Waals surface area contributed by atoms with Crippen molar-refractivity contribution in [2.24, 2.45) is 0 Å². The number of aromatic nitrogens is 3. The fourth-order valence-corrected chi connectivity index (χ4v) is 6.31. The third-order valence-electron chi connectivity index (χ3n) is 8.60. The van der Waals surface area contributed by atoms with Crippen molar-refractivity contribution in [3.8, 4) is 11.8 Å². The number of amides is 2. The van der Waals surface area contributed by atoms with Crippen LogP contribution >= 0.6 is 11.6 Å². The molecule has 1 fully saturated rings. The van der Waals surface area contributed by atoms with Gasteiger partial charge in [0.25, 0.3) is 5.91 Å². The molecular formula is C35H35ClF3N7O2. The number of rotatable bonds is 2. The molecule has 1 atom stereocenters. The summed E-state index contributed by atoms with van der Waals surface area (Å²) >= 11 is 5.95. The quantitative estimate of drug-likeness (QED) is 0.201. The summed E-state index contributed by atoms with van der Waals surface area (Å²) in [7, 11) is 0. The number of carbonyl (C=O) groups excluding carboxylic acids is 2. The van der Waals surface area contributed by atoms with Crippen molar-refractivity contribution < 1.29 is 22.8 Å². The van der Waals surface area contributed by atoms with Crippen LogP contribution in [0.4, 0.5) is 30.4 Å². The predicted octanol–water partition coefficient (Wildman–Crippen LogP) is 6.82. The first-order valence-electron chi connectivity index (χ1n) is 16.0. The molecule has 13 heteroatoms. The van der Waals surface area contributed by atoms with Crippen LogP contribution in [0.15, 0.2) is 48.7 Å². The molecule has 48 heavy (non-hydrogen) atoms. The molecule has 2 aliphatic rings. The standard InChI is InChI=1S/C35H35ClF3N7O2/c1-22-23-9-10-29-20-41-31-11-12-32(44-46(29)31)45-14-6-7-26(21-45)40-13-5-3-2-4-8-33(47)42-27(15-23)19-30(22)34(48)43-28-17-24(35(37,38)39)16-25(36)18-28/h11-12,15-20,26,40H,2-8,13-14,21H2,1H3,(H,42,47)(H,43,48)/t26-/m0/s1. The average molecular weight is 678 g/mol. The summed E-state index contributed by atoms with van der Waals surface area (Å²) in [5.41, 5.74) is 1.45. The van der Waals surface area contributed by atoms with Crippen molar-refractivity contribution in [2.45, 2.75) is 64.1 Å². The van der Waals surface area contributed by atoms with Crippen LogP contribution in [0.2, 0.25) is 5.02 Å². The topological polar surface area (TPSA) is 104 Å². The molecule has 0 aliphatic carbocycles. The van der Waals surface area contributed by atoms with E-state index in [1.165, 1.54) is 12.1 Å². The molecule has 2 aromatic heterocycles. The molecule has 250 valence electrons. The van der Waals surface area contributed by atoms with E-state index in [1.807, 2.05) is 12.1 Å². The highest BCUT2D eigenvalue weighted by Gasteiger charge is 2.31. The summed E-state index contributed by atoms with van der Waals surface area (Å²) in [6.07, 6.45) is 3.05.